The third-order valence-electron chi connectivity index (χ3n) is 5.02. The fourth-order valence-electron chi connectivity index (χ4n) is 3.76. The monoisotopic (exact) mass is 364 g/mol. The Morgan fingerprint density at radius 1 is 0.885 bits per heavy atom. The van der Waals surface area contributed by atoms with Crippen molar-refractivity contribution in [2.75, 3.05) is 14.2 Å². The smallest absolute Gasteiger partial charge is 0.309 e. The largest absolute Gasteiger partial charge is 0.361 e. The fourth-order valence-corrected chi connectivity index (χ4v) is 5.08. The number of hydrogen-bond donors (Lipinski definition) is 0. The van der Waals surface area contributed by atoms with E-state index < -0.39 is 7.60 Å². The number of fused-ring (bicyclic) bond motifs is 2. The Kier molecular flexibility index (Phi) is 4.54. The van der Waals surface area contributed by atoms with Crippen LogP contribution in [-0.4, -0.2) is 14.2 Å². The summed E-state index contributed by atoms with van der Waals surface area (Å²) >= 11 is 0. The molecule has 0 aromatic heterocycles. The van der Waals surface area contributed by atoms with Gasteiger partial charge in [0.2, 0.25) is 0 Å². The van der Waals surface area contributed by atoms with Gasteiger partial charge in [-0.3, -0.25) is 4.57 Å². The summed E-state index contributed by atoms with van der Waals surface area (Å²) in [6.45, 7) is 0. The number of benzene rings is 3. The van der Waals surface area contributed by atoms with Gasteiger partial charge in [-0.15, -0.1) is 0 Å². The van der Waals surface area contributed by atoms with Gasteiger partial charge in [0.05, 0.1) is 5.30 Å². The molecule has 4 rings (SSSR count). The van der Waals surface area contributed by atoms with Crippen LogP contribution < -0.4 is 5.30 Å². The quantitative estimate of drug-likeness (QED) is 0.587. The van der Waals surface area contributed by atoms with Crippen molar-refractivity contribution in [2.24, 2.45) is 0 Å². The predicted octanol–water partition coefficient (Wildman–Crippen LogP) is 5.33. The van der Waals surface area contributed by atoms with Crippen LogP contribution in [0.1, 0.15) is 23.1 Å². The Morgan fingerprint density at radius 3 is 2.42 bits per heavy atom. The highest BCUT2D eigenvalue weighted by atomic mass is 31.2. The van der Waals surface area contributed by atoms with E-state index in [-0.39, 0.29) is 0 Å². The van der Waals surface area contributed by atoms with Crippen LogP contribution in [0.15, 0.2) is 66.7 Å². The molecule has 0 fully saturated rings. The van der Waals surface area contributed by atoms with Crippen molar-refractivity contribution in [2.45, 2.75) is 12.8 Å². The van der Waals surface area contributed by atoms with Crippen LogP contribution in [0, 0.1) is 0 Å². The average Bonchev–Trinajstić information content (AvgIpc) is 2.72. The van der Waals surface area contributed by atoms with Gasteiger partial charge in [0.1, 0.15) is 0 Å². The molecule has 26 heavy (non-hydrogen) atoms. The summed E-state index contributed by atoms with van der Waals surface area (Å²) in [6, 6.07) is 20.4. The van der Waals surface area contributed by atoms with Gasteiger partial charge in [-0.1, -0.05) is 60.7 Å². The molecule has 0 saturated carbocycles. The molecule has 1 aliphatic rings. The highest BCUT2D eigenvalue weighted by molar-refractivity contribution is 7.62. The van der Waals surface area contributed by atoms with E-state index in [0.29, 0.717) is 5.30 Å². The number of rotatable bonds is 4. The first-order valence-electron chi connectivity index (χ1n) is 8.70. The SMILES string of the molecule is COP(=O)(OC)c1ccc2ccccc2c1C1=CCCc2ccccc21. The minimum atomic E-state index is -3.39. The van der Waals surface area contributed by atoms with Crippen LogP contribution in [0.4, 0.5) is 0 Å². The first-order valence-corrected chi connectivity index (χ1v) is 10.2. The predicted molar refractivity (Wildman–Crippen MR) is 107 cm³/mol. The molecule has 0 atom stereocenters. The van der Waals surface area contributed by atoms with Crippen LogP contribution in [0.2, 0.25) is 0 Å². The summed E-state index contributed by atoms with van der Waals surface area (Å²) in [5, 5.41) is 2.78. The molecule has 0 aliphatic heterocycles. The minimum absolute atomic E-state index is 0.615. The van der Waals surface area contributed by atoms with E-state index in [1.54, 1.807) is 0 Å². The maximum Gasteiger partial charge on any atom is 0.361 e. The normalized spacial score (nSPS) is 14.2. The molecule has 0 saturated heterocycles. The summed E-state index contributed by atoms with van der Waals surface area (Å²) in [5.74, 6) is 0. The van der Waals surface area contributed by atoms with Crippen molar-refractivity contribution < 1.29 is 13.6 Å². The van der Waals surface area contributed by atoms with Crippen LogP contribution in [0.3, 0.4) is 0 Å². The van der Waals surface area contributed by atoms with E-state index in [2.05, 4.69) is 42.5 Å². The minimum Gasteiger partial charge on any atom is -0.309 e. The maximum absolute atomic E-state index is 13.3. The maximum atomic E-state index is 13.3. The van der Waals surface area contributed by atoms with E-state index in [9.17, 15) is 4.57 Å². The summed E-state index contributed by atoms with van der Waals surface area (Å²) in [4.78, 5) is 0. The van der Waals surface area contributed by atoms with Crippen molar-refractivity contribution in [3.05, 3.63) is 83.4 Å². The van der Waals surface area contributed by atoms with Gasteiger partial charge < -0.3 is 9.05 Å². The number of hydrogen-bond acceptors (Lipinski definition) is 3. The van der Waals surface area contributed by atoms with Gasteiger partial charge >= 0.3 is 7.60 Å². The van der Waals surface area contributed by atoms with Crippen LogP contribution in [-0.2, 0) is 20.0 Å². The second kappa shape index (κ2) is 6.85. The van der Waals surface area contributed by atoms with E-state index in [0.717, 1.165) is 34.8 Å². The molecule has 3 nitrogen and oxygen atoms in total. The number of allylic oxidation sites excluding steroid dienone is 1. The lowest BCUT2D eigenvalue weighted by molar-refractivity contribution is 0.287. The lowest BCUT2D eigenvalue weighted by Crippen LogP contribution is -2.16. The van der Waals surface area contributed by atoms with Gasteiger partial charge in [-0.2, -0.15) is 0 Å². The second-order valence-corrected chi connectivity index (χ2v) is 8.56. The summed E-state index contributed by atoms with van der Waals surface area (Å²) in [6.07, 6.45) is 4.22. The van der Waals surface area contributed by atoms with Crippen molar-refractivity contribution in [3.63, 3.8) is 0 Å². The molecule has 3 aromatic carbocycles. The standard InChI is InChI=1S/C22H21O3P/c1-24-26(23,25-2)21-15-14-17-9-4-6-12-19(17)22(21)20-13-7-10-16-8-3-5-11-18(16)20/h3-6,8-9,11-15H,7,10H2,1-2H3. The highest BCUT2D eigenvalue weighted by Crippen LogP contribution is 2.49. The Hall–Kier alpha value is -2.19. The molecule has 4 heteroatoms. The molecule has 0 bridgehead atoms. The molecule has 0 N–H and O–H groups in total. The number of aryl methyl sites for hydroxylation is 1. The average molecular weight is 364 g/mol. The second-order valence-electron chi connectivity index (χ2n) is 6.36. The molecule has 1 aliphatic carbocycles. The Morgan fingerprint density at radius 2 is 1.62 bits per heavy atom. The molecule has 0 unspecified atom stereocenters. The first-order chi connectivity index (χ1) is 12.7. The Labute approximate surface area is 153 Å². The molecule has 0 amide bonds. The Bertz CT molecular complexity index is 1040. The summed E-state index contributed by atoms with van der Waals surface area (Å²) in [7, 11) is -0.521. The third-order valence-corrected chi connectivity index (χ3v) is 6.95. The third kappa shape index (κ3) is 2.73. The van der Waals surface area contributed by atoms with Crippen molar-refractivity contribution in [3.8, 4) is 0 Å². The zero-order valence-corrected chi connectivity index (χ0v) is 15.8. The molecule has 0 heterocycles. The zero-order chi connectivity index (χ0) is 18.1. The molecule has 3 aromatic rings. The van der Waals surface area contributed by atoms with Gasteiger partial charge in [0.25, 0.3) is 0 Å². The lowest BCUT2D eigenvalue weighted by Gasteiger charge is -2.24. The molecule has 0 radical (unpaired) electrons. The first kappa shape index (κ1) is 17.2. The van der Waals surface area contributed by atoms with E-state index in [1.165, 1.54) is 25.3 Å². The summed E-state index contributed by atoms with van der Waals surface area (Å²) < 4.78 is 24.0. The highest BCUT2D eigenvalue weighted by Gasteiger charge is 2.31. The van der Waals surface area contributed by atoms with Crippen molar-refractivity contribution in [1.29, 1.82) is 0 Å². The Balaban J connectivity index is 2.08. The van der Waals surface area contributed by atoms with Crippen molar-refractivity contribution >= 4 is 29.2 Å². The van der Waals surface area contributed by atoms with Crippen molar-refractivity contribution in [1.82, 2.24) is 0 Å². The zero-order valence-electron chi connectivity index (χ0n) is 14.9. The molecular formula is C22H21O3P. The molecular weight excluding hydrogens is 343 g/mol. The lowest BCUT2D eigenvalue weighted by atomic mass is 9.85. The van der Waals surface area contributed by atoms with E-state index in [1.807, 2.05) is 24.3 Å². The van der Waals surface area contributed by atoms with Gasteiger partial charge in [0, 0.05) is 19.8 Å². The van der Waals surface area contributed by atoms with Gasteiger partial charge in [-0.05, 0) is 46.4 Å². The fraction of sp³-hybridized carbons (Fsp3) is 0.182. The van der Waals surface area contributed by atoms with E-state index >= 15 is 0 Å². The van der Waals surface area contributed by atoms with E-state index in [4.69, 9.17) is 9.05 Å². The van der Waals surface area contributed by atoms with Crippen LogP contribution >= 0.6 is 7.60 Å². The van der Waals surface area contributed by atoms with Crippen LogP contribution in [0.5, 0.6) is 0 Å². The topological polar surface area (TPSA) is 35.5 Å². The van der Waals surface area contributed by atoms with Gasteiger partial charge in [0.15, 0.2) is 0 Å². The molecule has 0 spiro atoms. The van der Waals surface area contributed by atoms with Crippen LogP contribution in [0.25, 0.3) is 16.3 Å². The molecule has 132 valence electrons. The summed E-state index contributed by atoms with van der Waals surface area (Å²) in [5.41, 5.74) is 4.55. The van der Waals surface area contributed by atoms with Gasteiger partial charge in [-0.25, -0.2) is 0 Å².